The Balaban J connectivity index is 0.00000121. The molecule has 4 rings (SSSR count). The van der Waals surface area contributed by atoms with E-state index in [9.17, 15) is 4.79 Å². The monoisotopic (exact) mass is 396 g/mol. The molecular weight excluding hydrogens is 371 g/mol. The molecule has 1 saturated carbocycles. The van der Waals surface area contributed by atoms with Crippen molar-refractivity contribution in [2.24, 2.45) is 11.7 Å². The van der Waals surface area contributed by atoms with Crippen LogP contribution in [0.5, 0.6) is 0 Å². The van der Waals surface area contributed by atoms with Gasteiger partial charge in [-0.05, 0) is 62.8 Å². The highest BCUT2D eigenvalue weighted by molar-refractivity contribution is 5.93. The van der Waals surface area contributed by atoms with Crippen molar-refractivity contribution in [1.82, 2.24) is 9.55 Å². The Morgan fingerprint density at radius 3 is 2.62 bits per heavy atom. The minimum atomic E-state index is 0. The first kappa shape index (κ1) is 20.7. The number of rotatable bonds is 3. The number of amides is 1. The van der Waals surface area contributed by atoms with Gasteiger partial charge in [0.1, 0.15) is 5.82 Å². The van der Waals surface area contributed by atoms with E-state index in [1.807, 2.05) is 30.5 Å². The molecule has 5 nitrogen and oxygen atoms in total. The average molecular weight is 397 g/mol. The molecule has 1 aliphatic heterocycles. The normalized spacial score (nSPS) is 21.3. The molecule has 1 aromatic carbocycles. The van der Waals surface area contributed by atoms with Crippen LogP contribution in [0.2, 0.25) is 0 Å². The number of imidazole rings is 1. The highest BCUT2D eigenvalue weighted by atomic mass is 35.5. The number of hydrogen-bond acceptors (Lipinski definition) is 3. The zero-order valence-corrected chi connectivity index (χ0v) is 16.3. The lowest BCUT2D eigenvalue weighted by molar-refractivity contribution is -0.119. The van der Waals surface area contributed by atoms with Crippen molar-refractivity contribution in [1.29, 1.82) is 0 Å². The summed E-state index contributed by atoms with van der Waals surface area (Å²) in [6.45, 7) is 1.05. The van der Waals surface area contributed by atoms with E-state index < -0.39 is 0 Å². The third-order valence-electron chi connectivity index (χ3n) is 5.26. The topological polar surface area (TPSA) is 72.9 Å². The summed E-state index contributed by atoms with van der Waals surface area (Å²) >= 11 is 0. The second kappa shape index (κ2) is 8.89. The van der Waals surface area contributed by atoms with Crippen LogP contribution in [0.25, 0.3) is 11.4 Å². The number of nitrogens with zero attached hydrogens (tertiary/aromatic N) is 2. The van der Waals surface area contributed by atoms with Crippen LogP contribution in [0.15, 0.2) is 30.5 Å². The van der Waals surface area contributed by atoms with Gasteiger partial charge in [0.15, 0.2) is 0 Å². The van der Waals surface area contributed by atoms with E-state index in [0.717, 1.165) is 49.3 Å². The van der Waals surface area contributed by atoms with Crippen LogP contribution in [0.4, 0.5) is 5.69 Å². The first-order chi connectivity index (χ1) is 11.7. The van der Waals surface area contributed by atoms with Crippen molar-refractivity contribution >= 4 is 36.4 Å². The third kappa shape index (κ3) is 4.22. The van der Waals surface area contributed by atoms with E-state index in [0.29, 0.717) is 0 Å². The summed E-state index contributed by atoms with van der Waals surface area (Å²) < 4.78 is 2.32. The minimum Gasteiger partial charge on any atom is -0.328 e. The zero-order valence-electron chi connectivity index (χ0n) is 14.7. The van der Waals surface area contributed by atoms with Gasteiger partial charge in [0.25, 0.3) is 0 Å². The third-order valence-corrected chi connectivity index (χ3v) is 5.26. The molecule has 1 fully saturated rings. The number of benzene rings is 1. The summed E-state index contributed by atoms with van der Waals surface area (Å²) in [6, 6.07) is 8.19. The van der Waals surface area contributed by atoms with E-state index in [2.05, 4.69) is 14.9 Å². The number of nitrogens with two attached hydrogens (primary N) is 1. The molecule has 0 radical (unpaired) electrons. The van der Waals surface area contributed by atoms with E-state index in [-0.39, 0.29) is 42.7 Å². The van der Waals surface area contributed by atoms with Crippen LogP contribution in [-0.2, 0) is 17.8 Å². The molecule has 26 heavy (non-hydrogen) atoms. The Bertz CT molecular complexity index is 744. The summed E-state index contributed by atoms with van der Waals surface area (Å²) in [7, 11) is 0. The van der Waals surface area contributed by atoms with Crippen molar-refractivity contribution in [3.63, 3.8) is 0 Å². The average Bonchev–Trinajstić information content (AvgIpc) is 3.22. The number of carbonyl (C=O) groups excluding carboxylic acids is 1. The number of aromatic nitrogens is 2. The van der Waals surface area contributed by atoms with Crippen LogP contribution in [0, 0.1) is 5.92 Å². The molecule has 0 spiro atoms. The summed E-state index contributed by atoms with van der Waals surface area (Å²) in [4.78, 5) is 16.9. The number of halogens is 2. The lowest BCUT2D eigenvalue weighted by Crippen LogP contribution is -2.23. The maximum absolute atomic E-state index is 12.3. The first-order valence-electron chi connectivity index (χ1n) is 8.92. The molecule has 2 heterocycles. The molecule has 2 unspecified atom stereocenters. The Hall–Kier alpha value is -1.56. The molecule has 2 aromatic rings. The predicted molar refractivity (Wildman–Crippen MR) is 109 cm³/mol. The standard InChI is InChI=1S/C19H24N4O.2ClH/c20-15-7-4-14(11-15)19(24)22-16-8-5-13(6-9-16)18-21-12-17-3-1-2-10-23(17)18;;/h5-6,8-9,12,14-15H,1-4,7,10-11,20H2,(H,22,24);2*1H. The molecule has 142 valence electrons. The van der Waals surface area contributed by atoms with Crippen LogP contribution in [0.1, 0.15) is 37.8 Å². The maximum atomic E-state index is 12.3. The van der Waals surface area contributed by atoms with Gasteiger partial charge >= 0.3 is 0 Å². The van der Waals surface area contributed by atoms with Crippen molar-refractivity contribution in [3.8, 4) is 11.4 Å². The molecule has 2 aliphatic rings. The number of fused-ring (bicyclic) bond motifs is 1. The first-order valence-corrected chi connectivity index (χ1v) is 8.92. The SMILES string of the molecule is Cl.Cl.NC1CCC(C(=O)Nc2ccc(-c3ncc4n3CCCC4)cc2)C1. The predicted octanol–water partition coefficient (Wildman–Crippen LogP) is 3.80. The van der Waals surface area contributed by atoms with Gasteiger partial charge in [0, 0.05) is 41.6 Å². The van der Waals surface area contributed by atoms with Gasteiger partial charge in [0.2, 0.25) is 5.91 Å². The highest BCUT2D eigenvalue weighted by Crippen LogP contribution is 2.27. The van der Waals surface area contributed by atoms with E-state index >= 15 is 0 Å². The number of aryl methyl sites for hydroxylation is 1. The van der Waals surface area contributed by atoms with Crippen molar-refractivity contribution in [2.45, 2.75) is 51.1 Å². The van der Waals surface area contributed by atoms with E-state index in [4.69, 9.17) is 5.73 Å². The molecule has 1 aromatic heterocycles. The van der Waals surface area contributed by atoms with Gasteiger partial charge in [-0.1, -0.05) is 0 Å². The molecule has 1 amide bonds. The fraction of sp³-hybridized carbons (Fsp3) is 0.474. The van der Waals surface area contributed by atoms with Gasteiger partial charge in [-0.2, -0.15) is 0 Å². The van der Waals surface area contributed by atoms with Crippen LogP contribution in [0.3, 0.4) is 0 Å². The largest absolute Gasteiger partial charge is 0.328 e. The summed E-state index contributed by atoms with van der Waals surface area (Å²) in [5.41, 5.74) is 9.17. The van der Waals surface area contributed by atoms with Gasteiger partial charge in [-0.3, -0.25) is 4.79 Å². The molecular formula is C19H26Cl2N4O. The molecule has 0 saturated heterocycles. The molecule has 0 bridgehead atoms. The van der Waals surface area contributed by atoms with Gasteiger partial charge in [-0.25, -0.2) is 4.98 Å². The van der Waals surface area contributed by atoms with Gasteiger partial charge in [0.05, 0.1) is 0 Å². The molecule has 7 heteroatoms. The van der Waals surface area contributed by atoms with Crippen molar-refractivity contribution < 1.29 is 4.79 Å². The number of carbonyl (C=O) groups is 1. The number of nitrogens with one attached hydrogen (secondary N) is 1. The fourth-order valence-corrected chi connectivity index (χ4v) is 3.87. The molecule has 2 atom stereocenters. The maximum Gasteiger partial charge on any atom is 0.227 e. The summed E-state index contributed by atoms with van der Waals surface area (Å²) in [6.07, 6.45) is 8.21. The quantitative estimate of drug-likeness (QED) is 0.828. The van der Waals surface area contributed by atoms with Crippen LogP contribution < -0.4 is 11.1 Å². The van der Waals surface area contributed by atoms with Crippen LogP contribution in [-0.4, -0.2) is 21.5 Å². The van der Waals surface area contributed by atoms with Crippen molar-refractivity contribution in [3.05, 3.63) is 36.2 Å². The van der Waals surface area contributed by atoms with Gasteiger partial charge < -0.3 is 15.6 Å². The molecule has 1 aliphatic carbocycles. The minimum absolute atomic E-state index is 0. The van der Waals surface area contributed by atoms with Crippen molar-refractivity contribution in [2.75, 3.05) is 5.32 Å². The smallest absolute Gasteiger partial charge is 0.227 e. The zero-order chi connectivity index (χ0) is 16.5. The summed E-state index contributed by atoms with van der Waals surface area (Å²) in [5, 5.41) is 3.02. The summed E-state index contributed by atoms with van der Waals surface area (Å²) in [5.74, 6) is 1.18. The number of hydrogen-bond donors (Lipinski definition) is 2. The van der Waals surface area contributed by atoms with E-state index in [1.54, 1.807) is 0 Å². The van der Waals surface area contributed by atoms with E-state index in [1.165, 1.54) is 18.5 Å². The lowest BCUT2D eigenvalue weighted by atomic mass is 10.1. The Kier molecular flexibility index (Phi) is 7.09. The second-order valence-electron chi connectivity index (χ2n) is 7.02. The van der Waals surface area contributed by atoms with Gasteiger partial charge in [-0.15, -0.1) is 24.8 Å². The highest BCUT2D eigenvalue weighted by Gasteiger charge is 2.27. The second-order valence-corrected chi connectivity index (χ2v) is 7.02. The number of anilines is 1. The lowest BCUT2D eigenvalue weighted by Gasteiger charge is -2.16. The fourth-order valence-electron chi connectivity index (χ4n) is 3.87. The Labute approximate surface area is 166 Å². The Morgan fingerprint density at radius 1 is 1.15 bits per heavy atom. The van der Waals surface area contributed by atoms with Crippen LogP contribution >= 0.6 is 24.8 Å². The molecule has 3 N–H and O–H groups in total. The Morgan fingerprint density at radius 2 is 1.92 bits per heavy atom.